The molecule has 9 nitrogen and oxygen atoms in total. The standard InChI is InChI=1S/C22H26F4N4O5/c23-20(24)15-7-28-16(8-27-15)21(32)30-14-6-13(10-3-11(14)4-10)29-19(31)9-33-12-1-2-17-18(5-12)35-22(25,26)34-17/h1-2,5,10-11,13-16,20,27-28H,3-4,6-9H2,(H,29,31)(H,30,32). The zero-order valence-electron chi connectivity index (χ0n) is 18.6. The van der Waals surface area contributed by atoms with Gasteiger partial charge in [-0.1, -0.05) is 0 Å². The Labute approximate surface area is 198 Å². The summed E-state index contributed by atoms with van der Waals surface area (Å²) < 4.78 is 65.9. The third-order valence-corrected chi connectivity index (χ3v) is 7.06. The van der Waals surface area contributed by atoms with Gasteiger partial charge in [0.05, 0.1) is 12.1 Å². The van der Waals surface area contributed by atoms with E-state index in [4.69, 9.17) is 4.74 Å². The molecule has 0 radical (unpaired) electrons. The summed E-state index contributed by atoms with van der Waals surface area (Å²) in [6.45, 7) is -0.186. The van der Waals surface area contributed by atoms with Crippen LogP contribution in [0.2, 0.25) is 0 Å². The normalized spacial score (nSPS) is 32.5. The van der Waals surface area contributed by atoms with E-state index in [1.165, 1.54) is 18.2 Å². The maximum atomic E-state index is 13.1. The number of rotatable bonds is 7. The van der Waals surface area contributed by atoms with Crippen LogP contribution in [0, 0.1) is 11.8 Å². The molecule has 2 heterocycles. The van der Waals surface area contributed by atoms with E-state index in [1.54, 1.807) is 0 Å². The molecule has 3 saturated carbocycles. The van der Waals surface area contributed by atoms with Gasteiger partial charge in [0.2, 0.25) is 5.91 Å². The van der Waals surface area contributed by atoms with Gasteiger partial charge in [-0.25, -0.2) is 8.78 Å². The summed E-state index contributed by atoms with van der Waals surface area (Å²) in [6.07, 6.45) is -3.93. The number of piperazine rings is 1. The molecule has 1 saturated heterocycles. The highest BCUT2D eigenvalue weighted by Crippen LogP contribution is 2.46. The van der Waals surface area contributed by atoms with Gasteiger partial charge in [0.25, 0.3) is 12.3 Å². The topological polar surface area (TPSA) is 110 Å². The summed E-state index contributed by atoms with van der Waals surface area (Å²) in [5.41, 5.74) is 0. The summed E-state index contributed by atoms with van der Waals surface area (Å²) in [5, 5.41) is 11.5. The highest BCUT2D eigenvalue weighted by Gasteiger charge is 2.47. The van der Waals surface area contributed by atoms with Crippen LogP contribution in [0.3, 0.4) is 0 Å². The number of benzene rings is 1. The largest absolute Gasteiger partial charge is 0.586 e. The number of nitrogens with one attached hydrogen (secondary N) is 4. The number of ether oxygens (including phenoxy) is 3. The fourth-order valence-corrected chi connectivity index (χ4v) is 5.12. The summed E-state index contributed by atoms with van der Waals surface area (Å²) in [4.78, 5) is 25.1. The van der Waals surface area contributed by atoms with E-state index in [-0.39, 0.29) is 60.8 Å². The van der Waals surface area contributed by atoms with Crippen LogP contribution in [-0.2, 0) is 9.59 Å². The predicted molar refractivity (Wildman–Crippen MR) is 112 cm³/mol. The molecule has 2 bridgehead atoms. The van der Waals surface area contributed by atoms with E-state index in [9.17, 15) is 27.2 Å². The zero-order chi connectivity index (χ0) is 24.7. The van der Waals surface area contributed by atoms with Crippen molar-refractivity contribution in [2.24, 2.45) is 11.8 Å². The number of amides is 2. The fourth-order valence-electron chi connectivity index (χ4n) is 5.12. The number of alkyl halides is 4. The van der Waals surface area contributed by atoms with Gasteiger partial charge in [0, 0.05) is 31.2 Å². The molecule has 2 amide bonds. The molecule has 5 aliphatic rings. The van der Waals surface area contributed by atoms with Crippen molar-refractivity contribution in [1.82, 2.24) is 21.3 Å². The number of hydrogen-bond acceptors (Lipinski definition) is 7. The van der Waals surface area contributed by atoms with Gasteiger partial charge >= 0.3 is 6.29 Å². The SMILES string of the molecule is O=C(COc1ccc2c(c1)OC(F)(F)O2)NC1CC(NC(=O)C2CNC(C(F)F)CN2)C2CC1C2. The Morgan fingerprint density at radius 3 is 2.43 bits per heavy atom. The summed E-state index contributed by atoms with van der Waals surface area (Å²) in [7, 11) is 0. The van der Waals surface area contributed by atoms with Crippen LogP contribution < -0.4 is 35.5 Å². The second kappa shape index (κ2) is 9.34. The minimum atomic E-state index is -3.73. The van der Waals surface area contributed by atoms with Crippen LogP contribution in [0.25, 0.3) is 0 Å². The molecule has 6 rings (SSSR count). The summed E-state index contributed by atoms with van der Waals surface area (Å²) in [5.74, 6) is -0.0923. The Morgan fingerprint density at radius 1 is 1.03 bits per heavy atom. The molecule has 4 unspecified atom stereocenters. The van der Waals surface area contributed by atoms with Crippen LogP contribution in [-0.4, -0.2) is 68.4 Å². The maximum Gasteiger partial charge on any atom is 0.586 e. The fraction of sp³-hybridized carbons (Fsp3) is 0.636. The molecule has 0 aromatic heterocycles. The lowest BCUT2D eigenvalue weighted by atomic mass is 9.60. The molecule has 1 aromatic rings. The maximum absolute atomic E-state index is 13.1. The van der Waals surface area contributed by atoms with E-state index in [0.29, 0.717) is 18.3 Å². The van der Waals surface area contributed by atoms with E-state index in [1.807, 2.05) is 0 Å². The van der Waals surface area contributed by atoms with Gasteiger partial charge in [0.15, 0.2) is 18.1 Å². The van der Waals surface area contributed by atoms with Gasteiger partial charge in [-0.2, -0.15) is 0 Å². The second-order valence-corrected chi connectivity index (χ2v) is 9.39. The molecule has 2 aliphatic heterocycles. The average molecular weight is 502 g/mol. The second-order valence-electron chi connectivity index (χ2n) is 9.39. The molecule has 0 spiro atoms. The van der Waals surface area contributed by atoms with Crippen molar-refractivity contribution in [3.63, 3.8) is 0 Å². The van der Waals surface area contributed by atoms with E-state index in [0.717, 1.165) is 12.8 Å². The highest BCUT2D eigenvalue weighted by atomic mass is 19.3. The van der Waals surface area contributed by atoms with Gasteiger partial charge in [-0.05, 0) is 43.2 Å². The van der Waals surface area contributed by atoms with Crippen LogP contribution in [0.1, 0.15) is 19.3 Å². The first-order valence-corrected chi connectivity index (χ1v) is 11.5. The van der Waals surface area contributed by atoms with Crippen molar-refractivity contribution in [2.75, 3.05) is 19.7 Å². The summed E-state index contributed by atoms with van der Waals surface area (Å²) in [6, 6.07) is 2.08. The number of fused-ring (bicyclic) bond motifs is 3. The molecule has 3 aliphatic carbocycles. The molecule has 4 fully saturated rings. The lowest BCUT2D eigenvalue weighted by molar-refractivity contribution is -0.286. The quantitative estimate of drug-likeness (QED) is 0.412. The molecular weight excluding hydrogens is 476 g/mol. The first kappa shape index (κ1) is 23.9. The Morgan fingerprint density at radius 2 is 1.74 bits per heavy atom. The molecule has 13 heteroatoms. The third-order valence-electron chi connectivity index (χ3n) is 7.06. The van der Waals surface area contributed by atoms with E-state index >= 15 is 0 Å². The van der Waals surface area contributed by atoms with E-state index < -0.39 is 24.8 Å². The molecule has 192 valence electrons. The minimum Gasteiger partial charge on any atom is -0.484 e. The first-order chi connectivity index (χ1) is 16.7. The van der Waals surface area contributed by atoms with Gasteiger partial charge in [0.1, 0.15) is 5.75 Å². The summed E-state index contributed by atoms with van der Waals surface area (Å²) >= 11 is 0. The van der Waals surface area contributed by atoms with Crippen molar-refractivity contribution in [3.05, 3.63) is 18.2 Å². The Hall–Kier alpha value is -2.80. The third kappa shape index (κ3) is 5.25. The van der Waals surface area contributed by atoms with Gasteiger partial charge < -0.3 is 35.5 Å². The van der Waals surface area contributed by atoms with E-state index in [2.05, 4.69) is 30.7 Å². The van der Waals surface area contributed by atoms with Crippen molar-refractivity contribution in [1.29, 1.82) is 0 Å². The Kier molecular flexibility index (Phi) is 6.38. The van der Waals surface area contributed by atoms with Gasteiger partial charge in [-0.3, -0.25) is 9.59 Å². The number of carbonyl (C=O) groups excluding carboxylic acids is 2. The molecule has 1 aromatic carbocycles. The predicted octanol–water partition coefficient (Wildman–Crippen LogP) is 0.982. The Bertz CT molecular complexity index is 969. The van der Waals surface area contributed by atoms with Crippen molar-refractivity contribution in [3.8, 4) is 17.2 Å². The van der Waals surface area contributed by atoms with Crippen LogP contribution in [0.5, 0.6) is 17.2 Å². The first-order valence-electron chi connectivity index (χ1n) is 11.5. The lowest BCUT2D eigenvalue weighted by Gasteiger charge is -2.51. The Balaban J connectivity index is 1.08. The number of halogens is 4. The highest BCUT2D eigenvalue weighted by molar-refractivity contribution is 5.82. The lowest BCUT2D eigenvalue weighted by Crippen LogP contribution is -2.65. The van der Waals surface area contributed by atoms with Crippen LogP contribution >= 0.6 is 0 Å². The van der Waals surface area contributed by atoms with Crippen LogP contribution in [0.15, 0.2) is 18.2 Å². The van der Waals surface area contributed by atoms with Crippen molar-refractivity contribution < 1.29 is 41.4 Å². The smallest absolute Gasteiger partial charge is 0.484 e. The molecule has 4 atom stereocenters. The van der Waals surface area contributed by atoms with Gasteiger partial charge in [-0.15, -0.1) is 8.78 Å². The molecule has 4 N–H and O–H groups in total. The van der Waals surface area contributed by atoms with Crippen molar-refractivity contribution >= 4 is 11.8 Å². The molecule has 35 heavy (non-hydrogen) atoms. The number of hydrogen-bond donors (Lipinski definition) is 4. The number of carbonyl (C=O) groups is 2. The molecular formula is C22H26F4N4O5. The monoisotopic (exact) mass is 502 g/mol. The van der Waals surface area contributed by atoms with Crippen LogP contribution in [0.4, 0.5) is 17.6 Å². The minimum absolute atomic E-state index is 0.0103. The zero-order valence-corrected chi connectivity index (χ0v) is 18.6. The average Bonchev–Trinajstić information content (AvgIpc) is 3.09. The van der Waals surface area contributed by atoms with Crippen molar-refractivity contribution in [2.45, 2.75) is 56.1 Å².